The monoisotopic (exact) mass is 504 g/mol. The molecule has 2 aliphatic heterocycles. The van der Waals surface area contributed by atoms with Crippen LogP contribution in [-0.2, 0) is 9.53 Å². The zero-order valence-electron chi connectivity index (χ0n) is 17.6. The summed E-state index contributed by atoms with van der Waals surface area (Å²) in [7, 11) is 0. The average molecular weight is 505 g/mol. The molecule has 0 radical (unpaired) electrons. The Morgan fingerprint density at radius 2 is 1.69 bits per heavy atom. The SMILES string of the molecule is O=C(COc1ccc(Br)cc1)N1CCN(c2ccc([N+](=O)[O-])c(N3CCOCC3)c2)CC1. The molecule has 1 amide bonds. The Bertz CT molecular complexity index is 957. The first-order valence-electron chi connectivity index (χ1n) is 10.5. The van der Waals surface area contributed by atoms with Gasteiger partial charge in [0.05, 0.1) is 18.1 Å². The number of anilines is 2. The van der Waals surface area contributed by atoms with Gasteiger partial charge in [0.15, 0.2) is 6.61 Å². The molecule has 0 saturated carbocycles. The first kappa shape index (κ1) is 22.3. The van der Waals surface area contributed by atoms with E-state index < -0.39 is 0 Å². The zero-order valence-corrected chi connectivity index (χ0v) is 19.2. The van der Waals surface area contributed by atoms with E-state index in [9.17, 15) is 14.9 Å². The van der Waals surface area contributed by atoms with Crippen LogP contribution < -0.4 is 14.5 Å². The van der Waals surface area contributed by atoms with Gasteiger partial charge < -0.3 is 24.2 Å². The minimum atomic E-state index is -0.337. The lowest BCUT2D eigenvalue weighted by molar-refractivity contribution is -0.384. The molecule has 2 aromatic rings. The maximum Gasteiger partial charge on any atom is 0.292 e. The molecule has 0 atom stereocenters. The Balaban J connectivity index is 1.36. The molecule has 10 heteroatoms. The Morgan fingerprint density at radius 3 is 2.34 bits per heavy atom. The lowest BCUT2D eigenvalue weighted by Crippen LogP contribution is -2.50. The van der Waals surface area contributed by atoms with Gasteiger partial charge in [0.25, 0.3) is 11.6 Å². The van der Waals surface area contributed by atoms with E-state index in [0.717, 1.165) is 10.2 Å². The number of halogens is 1. The van der Waals surface area contributed by atoms with Crippen LogP contribution in [0.4, 0.5) is 17.1 Å². The number of morpholine rings is 1. The molecule has 0 spiro atoms. The van der Waals surface area contributed by atoms with Crippen LogP contribution in [-0.4, -0.2) is 74.8 Å². The van der Waals surface area contributed by atoms with Crippen LogP contribution in [0.15, 0.2) is 46.9 Å². The topological polar surface area (TPSA) is 88.4 Å². The molecule has 4 rings (SSSR count). The second kappa shape index (κ2) is 10.2. The number of carbonyl (C=O) groups is 1. The highest BCUT2D eigenvalue weighted by molar-refractivity contribution is 9.10. The molecule has 0 aliphatic carbocycles. The van der Waals surface area contributed by atoms with Crippen molar-refractivity contribution in [2.24, 2.45) is 0 Å². The summed E-state index contributed by atoms with van der Waals surface area (Å²) in [5.74, 6) is 0.604. The summed E-state index contributed by atoms with van der Waals surface area (Å²) in [6.45, 7) is 4.85. The van der Waals surface area contributed by atoms with Crippen molar-refractivity contribution in [3.05, 3.63) is 57.1 Å². The number of hydrogen-bond acceptors (Lipinski definition) is 7. The molecule has 0 bridgehead atoms. The zero-order chi connectivity index (χ0) is 22.5. The minimum absolute atomic E-state index is 0.000341. The number of hydrogen-bond donors (Lipinski definition) is 0. The Labute approximate surface area is 194 Å². The normalized spacial score (nSPS) is 16.7. The van der Waals surface area contributed by atoms with Crippen molar-refractivity contribution in [3.63, 3.8) is 0 Å². The van der Waals surface area contributed by atoms with Crippen LogP contribution in [0.3, 0.4) is 0 Å². The standard InChI is InChI=1S/C22H25BrN4O5/c23-17-1-4-19(5-2-17)32-16-22(28)26-9-7-24(8-10-26)18-3-6-20(27(29)30)21(15-18)25-11-13-31-14-12-25/h1-6,15H,7-14,16H2. The van der Waals surface area contributed by atoms with Crippen LogP contribution in [0.5, 0.6) is 5.75 Å². The molecule has 2 fully saturated rings. The van der Waals surface area contributed by atoms with Crippen LogP contribution in [0.25, 0.3) is 0 Å². The maximum absolute atomic E-state index is 12.5. The van der Waals surface area contributed by atoms with Gasteiger partial charge in [-0.2, -0.15) is 0 Å². The third kappa shape index (κ3) is 5.31. The van der Waals surface area contributed by atoms with Gasteiger partial charge >= 0.3 is 0 Å². The minimum Gasteiger partial charge on any atom is -0.484 e. The number of nitro groups is 1. The van der Waals surface area contributed by atoms with Gasteiger partial charge in [-0.1, -0.05) is 15.9 Å². The summed E-state index contributed by atoms with van der Waals surface area (Å²) < 4.78 is 11.9. The fourth-order valence-corrected chi connectivity index (χ4v) is 4.17. The number of benzene rings is 2. The number of amides is 1. The van der Waals surface area contributed by atoms with E-state index in [-0.39, 0.29) is 23.1 Å². The van der Waals surface area contributed by atoms with Crippen molar-refractivity contribution in [2.75, 3.05) is 68.9 Å². The van der Waals surface area contributed by atoms with Crippen molar-refractivity contribution in [3.8, 4) is 5.75 Å². The van der Waals surface area contributed by atoms with E-state index in [1.165, 1.54) is 0 Å². The highest BCUT2D eigenvalue weighted by Gasteiger charge is 2.26. The summed E-state index contributed by atoms with van der Waals surface area (Å²) in [5, 5.41) is 11.5. The van der Waals surface area contributed by atoms with Crippen molar-refractivity contribution in [1.29, 1.82) is 0 Å². The van der Waals surface area contributed by atoms with Crippen LogP contribution >= 0.6 is 15.9 Å². The van der Waals surface area contributed by atoms with Gasteiger partial charge in [-0.25, -0.2) is 0 Å². The molecule has 0 unspecified atom stereocenters. The van der Waals surface area contributed by atoms with Crippen molar-refractivity contribution >= 4 is 38.9 Å². The Kier molecular flexibility index (Phi) is 7.11. The summed E-state index contributed by atoms with van der Waals surface area (Å²) >= 11 is 3.37. The largest absolute Gasteiger partial charge is 0.484 e. The number of ether oxygens (including phenoxy) is 2. The molecular formula is C22H25BrN4O5. The number of piperazine rings is 1. The van der Waals surface area contributed by atoms with Gasteiger partial charge in [-0.15, -0.1) is 0 Å². The fourth-order valence-electron chi connectivity index (χ4n) is 3.90. The smallest absolute Gasteiger partial charge is 0.292 e. The lowest BCUT2D eigenvalue weighted by Gasteiger charge is -2.36. The van der Waals surface area contributed by atoms with Gasteiger partial charge in [-0.05, 0) is 36.4 Å². The number of nitrogens with zero attached hydrogens (tertiary/aromatic N) is 4. The van der Waals surface area contributed by atoms with E-state index in [1.807, 2.05) is 35.2 Å². The summed E-state index contributed by atoms with van der Waals surface area (Å²) in [6, 6.07) is 12.6. The summed E-state index contributed by atoms with van der Waals surface area (Å²) in [4.78, 5) is 29.7. The molecule has 2 aromatic carbocycles. The van der Waals surface area contributed by atoms with Crippen LogP contribution in [0, 0.1) is 10.1 Å². The third-order valence-corrected chi connectivity index (χ3v) is 6.21. The summed E-state index contributed by atoms with van der Waals surface area (Å²) in [6.07, 6.45) is 0. The Hall–Kier alpha value is -2.85. The number of carbonyl (C=O) groups excluding carboxylic acids is 1. The molecule has 2 saturated heterocycles. The lowest BCUT2D eigenvalue weighted by atomic mass is 10.1. The molecule has 170 valence electrons. The van der Waals surface area contributed by atoms with Gasteiger partial charge in [0.1, 0.15) is 11.4 Å². The fraction of sp³-hybridized carbons (Fsp3) is 0.409. The first-order valence-corrected chi connectivity index (χ1v) is 11.3. The number of nitro benzene ring substituents is 1. The maximum atomic E-state index is 12.5. The van der Waals surface area contributed by atoms with Crippen molar-refractivity contribution in [2.45, 2.75) is 0 Å². The van der Waals surface area contributed by atoms with E-state index in [4.69, 9.17) is 9.47 Å². The number of rotatable bonds is 6. The molecule has 0 N–H and O–H groups in total. The van der Waals surface area contributed by atoms with E-state index in [2.05, 4.69) is 20.8 Å². The molecule has 32 heavy (non-hydrogen) atoms. The molecule has 9 nitrogen and oxygen atoms in total. The van der Waals surface area contributed by atoms with E-state index in [1.54, 1.807) is 17.0 Å². The van der Waals surface area contributed by atoms with E-state index >= 15 is 0 Å². The van der Waals surface area contributed by atoms with Crippen LogP contribution in [0.2, 0.25) is 0 Å². The Morgan fingerprint density at radius 1 is 1.00 bits per heavy atom. The molecule has 2 heterocycles. The second-order valence-corrected chi connectivity index (χ2v) is 8.56. The highest BCUT2D eigenvalue weighted by Crippen LogP contribution is 2.33. The first-order chi connectivity index (χ1) is 15.5. The predicted molar refractivity (Wildman–Crippen MR) is 125 cm³/mol. The van der Waals surface area contributed by atoms with Gasteiger partial charge in [-0.3, -0.25) is 14.9 Å². The highest BCUT2D eigenvalue weighted by atomic mass is 79.9. The second-order valence-electron chi connectivity index (χ2n) is 7.64. The third-order valence-electron chi connectivity index (χ3n) is 5.68. The van der Waals surface area contributed by atoms with Crippen molar-refractivity contribution in [1.82, 2.24) is 4.90 Å². The van der Waals surface area contributed by atoms with Crippen molar-refractivity contribution < 1.29 is 19.2 Å². The summed E-state index contributed by atoms with van der Waals surface area (Å²) in [5.41, 5.74) is 1.65. The predicted octanol–water partition coefficient (Wildman–Crippen LogP) is 2.92. The van der Waals surface area contributed by atoms with Gasteiger partial charge in [0, 0.05) is 55.5 Å². The molecular weight excluding hydrogens is 480 g/mol. The quantitative estimate of drug-likeness (QED) is 0.441. The van der Waals surface area contributed by atoms with Gasteiger partial charge in [0.2, 0.25) is 0 Å². The molecule has 0 aromatic heterocycles. The van der Waals surface area contributed by atoms with E-state index in [0.29, 0.717) is 63.9 Å². The molecule has 2 aliphatic rings. The van der Waals surface area contributed by atoms with Crippen LogP contribution in [0.1, 0.15) is 0 Å². The average Bonchev–Trinajstić information content (AvgIpc) is 2.83.